The lowest BCUT2D eigenvalue weighted by Gasteiger charge is -2.17. The van der Waals surface area contributed by atoms with Crippen LogP contribution in [0.2, 0.25) is 0 Å². The molecule has 0 spiro atoms. The third kappa shape index (κ3) is 1.44. The number of hydrogen-bond donors (Lipinski definition) is 1. The van der Waals surface area contributed by atoms with E-state index in [0.717, 1.165) is 5.69 Å². The molecule has 0 N–H and O–H groups in total. The van der Waals surface area contributed by atoms with Crippen molar-refractivity contribution in [2.24, 2.45) is 5.10 Å². The molecule has 0 aliphatic carbocycles. The Hall–Kier alpha value is -0.610. The number of anilines is 1. The van der Waals surface area contributed by atoms with Crippen LogP contribution in [0.25, 0.3) is 0 Å². The van der Waals surface area contributed by atoms with Crippen LogP contribution in [0.5, 0.6) is 0 Å². The van der Waals surface area contributed by atoms with Crippen molar-refractivity contribution in [2.75, 3.05) is 5.01 Å². The van der Waals surface area contributed by atoms with Crippen molar-refractivity contribution >= 4 is 35.6 Å². The molecule has 1 unspecified atom stereocenters. The van der Waals surface area contributed by atoms with Crippen LogP contribution in [0, 0.1) is 0 Å². The lowest BCUT2D eigenvalue weighted by atomic mass is 10.3. The van der Waals surface area contributed by atoms with Gasteiger partial charge in [-0.15, -0.1) is 12.6 Å². The molecule has 62 valence electrons. The number of benzene rings is 1. The van der Waals surface area contributed by atoms with Crippen LogP contribution in [0.1, 0.15) is 0 Å². The molecule has 1 aromatic rings. The van der Waals surface area contributed by atoms with E-state index in [1.54, 1.807) is 11.8 Å². The lowest BCUT2D eigenvalue weighted by Crippen LogP contribution is -2.17. The summed E-state index contributed by atoms with van der Waals surface area (Å²) in [5.74, 6) is 0. The Bertz CT molecular complexity index is 286. The van der Waals surface area contributed by atoms with E-state index in [4.69, 9.17) is 0 Å². The predicted molar refractivity (Wildman–Crippen MR) is 57.8 cm³/mol. The number of rotatable bonds is 1. The topological polar surface area (TPSA) is 15.6 Å². The number of thiol groups is 1. The van der Waals surface area contributed by atoms with Gasteiger partial charge in [-0.25, -0.2) is 5.01 Å². The van der Waals surface area contributed by atoms with Gasteiger partial charge in [0, 0.05) is 0 Å². The van der Waals surface area contributed by atoms with E-state index in [2.05, 4.69) is 17.7 Å². The van der Waals surface area contributed by atoms with Gasteiger partial charge in [-0.05, 0) is 12.1 Å². The first kappa shape index (κ1) is 8.01. The smallest absolute Gasteiger partial charge is 0.146 e. The summed E-state index contributed by atoms with van der Waals surface area (Å²) in [6.45, 7) is 0. The van der Waals surface area contributed by atoms with Crippen molar-refractivity contribution in [3.05, 3.63) is 30.3 Å². The van der Waals surface area contributed by atoms with Crippen molar-refractivity contribution in [2.45, 2.75) is 4.71 Å². The van der Waals surface area contributed by atoms with Crippen molar-refractivity contribution in [3.8, 4) is 0 Å². The van der Waals surface area contributed by atoms with Crippen LogP contribution in [0.3, 0.4) is 0 Å². The van der Waals surface area contributed by atoms with Gasteiger partial charge in [-0.1, -0.05) is 30.0 Å². The molecule has 0 saturated heterocycles. The summed E-state index contributed by atoms with van der Waals surface area (Å²) >= 11 is 5.96. The molecule has 1 aliphatic rings. The first-order chi connectivity index (χ1) is 5.88. The highest BCUT2D eigenvalue weighted by molar-refractivity contribution is 8.20. The van der Waals surface area contributed by atoms with E-state index in [1.807, 2.05) is 40.9 Å². The Balaban J connectivity index is 2.25. The molecule has 2 rings (SSSR count). The molecule has 2 nitrogen and oxygen atoms in total. The molecule has 1 aromatic carbocycles. The van der Waals surface area contributed by atoms with Gasteiger partial charge in [0.2, 0.25) is 0 Å². The molecule has 12 heavy (non-hydrogen) atoms. The molecule has 0 amide bonds. The Labute approximate surface area is 81.1 Å². The number of thioether (sulfide) groups is 1. The monoisotopic (exact) mass is 196 g/mol. The van der Waals surface area contributed by atoms with Crippen molar-refractivity contribution < 1.29 is 0 Å². The van der Waals surface area contributed by atoms with Gasteiger partial charge in [0.15, 0.2) is 0 Å². The highest BCUT2D eigenvalue weighted by Gasteiger charge is 2.18. The summed E-state index contributed by atoms with van der Waals surface area (Å²) in [6, 6.07) is 10.0. The van der Waals surface area contributed by atoms with Gasteiger partial charge >= 0.3 is 0 Å². The summed E-state index contributed by atoms with van der Waals surface area (Å²) in [4.78, 5) is 0. The van der Waals surface area contributed by atoms with Gasteiger partial charge in [0.05, 0.1) is 11.2 Å². The average Bonchev–Trinajstić information content (AvgIpc) is 2.53. The molecule has 1 atom stereocenters. The third-order valence-corrected chi connectivity index (χ3v) is 2.83. The standard InChI is InChI=1S/C8H8N2S2/c11-8-10(9-6-12-8)7-4-2-1-3-5-7/h1-6,8,11H. The van der Waals surface area contributed by atoms with Crippen molar-refractivity contribution in [1.29, 1.82) is 0 Å². The predicted octanol–water partition coefficient (Wildman–Crippen LogP) is 2.40. The number of para-hydroxylation sites is 1. The van der Waals surface area contributed by atoms with E-state index in [1.165, 1.54) is 0 Å². The normalized spacial score (nSPS) is 21.8. The van der Waals surface area contributed by atoms with Crippen molar-refractivity contribution in [3.63, 3.8) is 0 Å². The highest BCUT2D eigenvalue weighted by atomic mass is 32.2. The first-order valence-corrected chi connectivity index (χ1v) is 5.04. The van der Waals surface area contributed by atoms with E-state index >= 15 is 0 Å². The van der Waals surface area contributed by atoms with E-state index < -0.39 is 0 Å². The zero-order valence-corrected chi connectivity index (χ0v) is 8.00. The Morgan fingerprint density at radius 3 is 2.67 bits per heavy atom. The van der Waals surface area contributed by atoms with E-state index in [0.29, 0.717) is 0 Å². The minimum atomic E-state index is 0.118. The zero-order valence-electron chi connectivity index (χ0n) is 6.29. The first-order valence-electron chi connectivity index (χ1n) is 3.58. The van der Waals surface area contributed by atoms with Gasteiger partial charge in [0.1, 0.15) is 4.71 Å². The minimum Gasteiger partial charge on any atom is -0.242 e. The molecule has 4 heteroatoms. The second-order valence-corrected chi connectivity index (χ2v) is 4.13. The zero-order chi connectivity index (χ0) is 8.39. The maximum absolute atomic E-state index is 4.36. The second-order valence-electron chi connectivity index (χ2n) is 2.36. The molecular weight excluding hydrogens is 188 g/mol. The number of hydrogen-bond acceptors (Lipinski definition) is 4. The second kappa shape index (κ2) is 3.41. The Kier molecular flexibility index (Phi) is 2.28. The van der Waals surface area contributed by atoms with Crippen LogP contribution in [-0.4, -0.2) is 10.3 Å². The largest absolute Gasteiger partial charge is 0.242 e. The summed E-state index contributed by atoms with van der Waals surface area (Å²) in [6.07, 6.45) is 0. The molecule has 0 saturated carbocycles. The summed E-state index contributed by atoms with van der Waals surface area (Å²) in [7, 11) is 0. The van der Waals surface area contributed by atoms with E-state index in [9.17, 15) is 0 Å². The average molecular weight is 196 g/mol. The molecule has 1 aliphatic heterocycles. The van der Waals surface area contributed by atoms with Crippen LogP contribution >= 0.6 is 24.4 Å². The van der Waals surface area contributed by atoms with Crippen LogP contribution < -0.4 is 5.01 Å². The van der Waals surface area contributed by atoms with Gasteiger partial charge in [-0.3, -0.25) is 0 Å². The lowest BCUT2D eigenvalue weighted by molar-refractivity contribution is 0.982. The summed E-state index contributed by atoms with van der Waals surface area (Å²) < 4.78 is 0.118. The molecule has 1 heterocycles. The minimum absolute atomic E-state index is 0.118. The summed E-state index contributed by atoms with van der Waals surface area (Å²) in [5.41, 5.74) is 2.89. The third-order valence-electron chi connectivity index (χ3n) is 1.58. The number of hydrazone groups is 1. The van der Waals surface area contributed by atoms with Crippen LogP contribution in [-0.2, 0) is 0 Å². The maximum Gasteiger partial charge on any atom is 0.146 e. The SMILES string of the molecule is SC1SC=NN1c1ccccc1. The Morgan fingerprint density at radius 2 is 2.08 bits per heavy atom. The fraction of sp³-hybridized carbons (Fsp3) is 0.125. The quantitative estimate of drug-likeness (QED) is 0.694. The van der Waals surface area contributed by atoms with Gasteiger partial charge < -0.3 is 0 Å². The van der Waals surface area contributed by atoms with Crippen LogP contribution in [0.4, 0.5) is 5.69 Å². The molecule has 0 radical (unpaired) electrons. The maximum atomic E-state index is 4.36. The van der Waals surface area contributed by atoms with E-state index in [-0.39, 0.29) is 4.71 Å². The Morgan fingerprint density at radius 1 is 1.33 bits per heavy atom. The fourth-order valence-corrected chi connectivity index (χ4v) is 1.93. The summed E-state index contributed by atoms with van der Waals surface area (Å²) in [5, 5.41) is 6.06. The molecule has 0 fully saturated rings. The van der Waals surface area contributed by atoms with Gasteiger partial charge in [0.25, 0.3) is 0 Å². The molecule has 0 bridgehead atoms. The number of nitrogens with zero attached hydrogens (tertiary/aromatic N) is 2. The molecule has 0 aromatic heterocycles. The van der Waals surface area contributed by atoms with Crippen LogP contribution in [0.15, 0.2) is 35.4 Å². The molecular formula is C8H8N2S2. The van der Waals surface area contributed by atoms with Gasteiger partial charge in [-0.2, -0.15) is 5.10 Å². The highest BCUT2D eigenvalue weighted by Crippen LogP contribution is 2.29. The van der Waals surface area contributed by atoms with Crippen molar-refractivity contribution in [1.82, 2.24) is 0 Å². The fourth-order valence-electron chi connectivity index (χ4n) is 1.02.